The molecule has 0 aliphatic heterocycles. The molecule has 0 saturated heterocycles. The zero-order chi connectivity index (χ0) is 17.4. The summed E-state index contributed by atoms with van der Waals surface area (Å²) in [4.78, 5) is 4.48. The molecule has 0 saturated carbocycles. The molecule has 0 aliphatic carbocycles. The van der Waals surface area contributed by atoms with E-state index in [4.69, 9.17) is 0 Å². The zero-order valence-corrected chi connectivity index (χ0v) is 14.1. The van der Waals surface area contributed by atoms with E-state index in [9.17, 15) is 9.50 Å². The molecule has 2 rings (SSSR count). The minimum absolute atomic E-state index is 0.204. The van der Waals surface area contributed by atoms with Crippen LogP contribution in [0.4, 0.5) is 4.39 Å². The molecule has 0 fully saturated rings. The number of hydrogen-bond donors (Lipinski definition) is 3. The van der Waals surface area contributed by atoms with E-state index < -0.39 is 0 Å². The van der Waals surface area contributed by atoms with Crippen LogP contribution in [0.3, 0.4) is 0 Å². The normalized spacial score (nSPS) is 11.4. The van der Waals surface area contributed by atoms with Crippen molar-refractivity contribution in [2.75, 3.05) is 13.1 Å². The van der Waals surface area contributed by atoms with Gasteiger partial charge in [-0.15, -0.1) is 0 Å². The van der Waals surface area contributed by atoms with Crippen molar-refractivity contribution in [2.45, 2.75) is 26.8 Å². The number of guanidine groups is 1. The Bertz CT molecular complexity index is 701. The van der Waals surface area contributed by atoms with E-state index in [2.05, 4.69) is 15.6 Å². The number of halogens is 1. The Labute approximate surface area is 142 Å². The van der Waals surface area contributed by atoms with Crippen molar-refractivity contribution in [2.24, 2.45) is 4.99 Å². The molecule has 0 heterocycles. The fourth-order valence-electron chi connectivity index (χ4n) is 2.28. The quantitative estimate of drug-likeness (QED) is 0.564. The molecular formula is C19H24FN3O. The number of phenolic OH excluding ortho intramolecular Hbond substituents is 1. The van der Waals surface area contributed by atoms with Crippen molar-refractivity contribution in [3.05, 3.63) is 65.0 Å². The van der Waals surface area contributed by atoms with Crippen LogP contribution in [0.25, 0.3) is 0 Å². The predicted octanol–water partition coefficient (Wildman–Crippen LogP) is 3.14. The second-order valence-electron chi connectivity index (χ2n) is 5.63. The molecule has 2 aromatic carbocycles. The molecule has 0 bridgehead atoms. The predicted molar refractivity (Wildman–Crippen MR) is 95.8 cm³/mol. The summed E-state index contributed by atoms with van der Waals surface area (Å²) in [5, 5.41) is 15.9. The van der Waals surface area contributed by atoms with E-state index in [1.807, 2.05) is 25.1 Å². The summed E-state index contributed by atoms with van der Waals surface area (Å²) in [6.45, 7) is 5.60. The molecular weight excluding hydrogens is 305 g/mol. The number of phenols is 1. The number of aromatic hydroxyl groups is 1. The van der Waals surface area contributed by atoms with Crippen molar-refractivity contribution in [1.82, 2.24) is 10.6 Å². The third kappa shape index (κ3) is 5.57. The SMILES string of the molecule is CCNC(=NCc1ccc(C)c(F)c1)NCCc1cccc(O)c1. The summed E-state index contributed by atoms with van der Waals surface area (Å²) >= 11 is 0. The van der Waals surface area contributed by atoms with E-state index >= 15 is 0 Å². The maximum absolute atomic E-state index is 13.6. The molecule has 128 valence electrons. The van der Waals surface area contributed by atoms with Crippen molar-refractivity contribution < 1.29 is 9.50 Å². The highest BCUT2D eigenvalue weighted by Crippen LogP contribution is 2.11. The number of aryl methyl sites for hydroxylation is 1. The average molecular weight is 329 g/mol. The van der Waals surface area contributed by atoms with Gasteiger partial charge < -0.3 is 15.7 Å². The van der Waals surface area contributed by atoms with Crippen molar-refractivity contribution in [3.63, 3.8) is 0 Å². The van der Waals surface area contributed by atoms with Gasteiger partial charge in [0.1, 0.15) is 11.6 Å². The summed E-state index contributed by atoms with van der Waals surface area (Å²) in [7, 11) is 0. The molecule has 0 aliphatic rings. The van der Waals surface area contributed by atoms with Crippen LogP contribution >= 0.6 is 0 Å². The Morgan fingerprint density at radius 1 is 1.12 bits per heavy atom. The van der Waals surface area contributed by atoms with Gasteiger partial charge in [0.05, 0.1) is 6.54 Å². The largest absolute Gasteiger partial charge is 0.508 e. The van der Waals surface area contributed by atoms with Gasteiger partial charge in [0, 0.05) is 13.1 Å². The number of nitrogens with one attached hydrogen (secondary N) is 2. The fraction of sp³-hybridized carbons (Fsp3) is 0.316. The maximum Gasteiger partial charge on any atom is 0.191 e. The van der Waals surface area contributed by atoms with Gasteiger partial charge in [-0.25, -0.2) is 9.38 Å². The minimum Gasteiger partial charge on any atom is -0.508 e. The first-order chi connectivity index (χ1) is 11.6. The lowest BCUT2D eigenvalue weighted by Gasteiger charge is -2.11. The highest BCUT2D eigenvalue weighted by atomic mass is 19.1. The number of rotatable bonds is 6. The van der Waals surface area contributed by atoms with Crippen LogP contribution in [0, 0.1) is 12.7 Å². The average Bonchev–Trinajstić information content (AvgIpc) is 2.56. The van der Waals surface area contributed by atoms with Gasteiger partial charge in [0.2, 0.25) is 0 Å². The lowest BCUT2D eigenvalue weighted by atomic mass is 10.1. The Hall–Kier alpha value is -2.56. The summed E-state index contributed by atoms with van der Waals surface area (Å²) in [6.07, 6.45) is 0.776. The Morgan fingerprint density at radius 3 is 2.67 bits per heavy atom. The molecule has 3 N–H and O–H groups in total. The Balaban J connectivity index is 1.91. The minimum atomic E-state index is -0.204. The van der Waals surface area contributed by atoms with Crippen LogP contribution in [0.15, 0.2) is 47.5 Å². The molecule has 0 spiro atoms. The zero-order valence-electron chi connectivity index (χ0n) is 14.1. The topological polar surface area (TPSA) is 56.7 Å². The molecule has 0 unspecified atom stereocenters. The van der Waals surface area contributed by atoms with E-state index in [0.717, 1.165) is 24.1 Å². The molecule has 5 heteroatoms. The van der Waals surface area contributed by atoms with Gasteiger partial charge in [-0.2, -0.15) is 0 Å². The Kier molecular flexibility index (Phi) is 6.61. The smallest absolute Gasteiger partial charge is 0.191 e. The second-order valence-corrected chi connectivity index (χ2v) is 5.63. The third-order valence-electron chi connectivity index (χ3n) is 3.62. The van der Waals surface area contributed by atoms with Gasteiger partial charge in [-0.1, -0.05) is 24.3 Å². The monoisotopic (exact) mass is 329 g/mol. The number of aliphatic imine (C=N–C) groups is 1. The summed E-state index contributed by atoms with van der Waals surface area (Å²) in [6, 6.07) is 12.4. The first kappa shape index (κ1) is 17.8. The lowest BCUT2D eigenvalue weighted by Crippen LogP contribution is -2.38. The first-order valence-corrected chi connectivity index (χ1v) is 8.13. The molecule has 0 amide bonds. The third-order valence-corrected chi connectivity index (χ3v) is 3.62. The summed E-state index contributed by atoms with van der Waals surface area (Å²) in [5.74, 6) is 0.762. The van der Waals surface area contributed by atoms with Gasteiger partial charge in [-0.3, -0.25) is 0 Å². The van der Waals surface area contributed by atoms with Gasteiger partial charge >= 0.3 is 0 Å². The van der Waals surface area contributed by atoms with Crippen molar-refractivity contribution in [3.8, 4) is 5.75 Å². The van der Waals surface area contributed by atoms with Crippen LogP contribution < -0.4 is 10.6 Å². The molecule has 0 radical (unpaired) electrons. The van der Waals surface area contributed by atoms with E-state index in [0.29, 0.717) is 24.6 Å². The van der Waals surface area contributed by atoms with Gasteiger partial charge in [-0.05, 0) is 55.2 Å². The number of nitrogens with zero attached hydrogens (tertiary/aromatic N) is 1. The first-order valence-electron chi connectivity index (χ1n) is 8.13. The van der Waals surface area contributed by atoms with Crippen LogP contribution in [0.1, 0.15) is 23.6 Å². The van der Waals surface area contributed by atoms with E-state index in [-0.39, 0.29) is 11.6 Å². The molecule has 2 aromatic rings. The Morgan fingerprint density at radius 2 is 1.96 bits per heavy atom. The van der Waals surface area contributed by atoms with Gasteiger partial charge in [0.25, 0.3) is 0 Å². The number of benzene rings is 2. The van der Waals surface area contributed by atoms with Crippen LogP contribution in [0.2, 0.25) is 0 Å². The van der Waals surface area contributed by atoms with Crippen LogP contribution in [-0.4, -0.2) is 24.2 Å². The highest BCUT2D eigenvalue weighted by Gasteiger charge is 2.01. The lowest BCUT2D eigenvalue weighted by molar-refractivity contribution is 0.474. The molecule has 24 heavy (non-hydrogen) atoms. The fourth-order valence-corrected chi connectivity index (χ4v) is 2.28. The van der Waals surface area contributed by atoms with E-state index in [1.54, 1.807) is 25.1 Å². The van der Waals surface area contributed by atoms with Crippen molar-refractivity contribution in [1.29, 1.82) is 0 Å². The second kappa shape index (κ2) is 8.91. The molecule has 0 aromatic heterocycles. The summed E-state index contributed by atoms with van der Waals surface area (Å²) < 4.78 is 13.6. The number of hydrogen-bond acceptors (Lipinski definition) is 2. The van der Waals surface area contributed by atoms with E-state index in [1.165, 1.54) is 6.07 Å². The standard InChI is InChI=1S/C19H24FN3O/c1-3-21-19(22-10-9-15-5-4-6-17(24)11-15)23-13-16-8-7-14(2)18(20)12-16/h4-8,11-12,24H,3,9-10,13H2,1-2H3,(H2,21,22,23). The van der Waals surface area contributed by atoms with Crippen molar-refractivity contribution >= 4 is 5.96 Å². The van der Waals surface area contributed by atoms with Gasteiger partial charge in [0.15, 0.2) is 5.96 Å². The highest BCUT2D eigenvalue weighted by molar-refractivity contribution is 5.79. The van der Waals surface area contributed by atoms with Crippen LogP contribution in [-0.2, 0) is 13.0 Å². The van der Waals surface area contributed by atoms with Crippen LogP contribution in [0.5, 0.6) is 5.75 Å². The molecule has 4 nitrogen and oxygen atoms in total. The maximum atomic E-state index is 13.6. The summed E-state index contributed by atoms with van der Waals surface area (Å²) in [5.41, 5.74) is 2.53. The molecule has 0 atom stereocenters.